The zero-order valence-electron chi connectivity index (χ0n) is 19.2. The molecule has 4 heteroatoms. The zero-order chi connectivity index (χ0) is 21.2. The Morgan fingerprint density at radius 2 is 1.68 bits per heavy atom. The van der Waals surface area contributed by atoms with Crippen molar-refractivity contribution in [3.05, 3.63) is 0 Å². The Morgan fingerprint density at radius 1 is 1.00 bits per heavy atom. The number of rotatable bonds is 7. The Bertz CT molecular complexity index is 569. The van der Waals surface area contributed by atoms with Crippen LogP contribution in [0.15, 0.2) is 0 Å². The van der Waals surface area contributed by atoms with Crippen molar-refractivity contribution in [2.45, 2.75) is 105 Å². The molecule has 162 valence electrons. The molecule has 0 aromatic rings. The molecule has 0 saturated heterocycles. The van der Waals surface area contributed by atoms with Gasteiger partial charge in [-0.3, -0.25) is 9.59 Å². The summed E-state index contributed by atoms with van der Waals surface area (Å²) in [6, 6.07) is 0. The second-order valence-corrected chi connectivity index (χ2v) is 10.7. The predicted molar refractivity (Wildman–Crippen MR) is 112 cm³/mol. The quantitative estimate of drug-likeness (QED) is 0.503. The first-order valence-corrected chi connectivity index (χ1v) is 11.2. The van der Waals surface area contributed by atoms with Crippen LogP contribution in [0.25, 0.3) is 0 Å². The Balaban J connectivity index is 2.17. The van der Waals surface area contributed by atoms with Crippen LogP contribution in [0, 0.1) is 28.6 Å². The Morgan fingerprint density at radius 3 is 2.29 bits per heavy atom. The van der Waals surface area contributed by atoms with Gasteiger partial charge in [0.15, 0.2) is 0 Å². The third kappa shape index (κ3) is 5.10. The number of carbonyl (C=O) groups is 2. The number of hydrogen-bond donors (Lipinski definition) is 0. The summed E-state index contributed by atoms with van der Waals surface area (Å²) < 4.78 is 11.1. The molecule has 0 spiro atoms. The lowest BCUT2D eigenvalue weighted by Crippen LogP contribution is -2.58. The van der Waals surface area contributed by atoms with E-state index in [2.05, 4.69) is 34.6 Å². The molecule has 28 heavy (non-hydrogen) atoms. The molecule has 0 amide bonds. The van der Waals surface area contributed by atoms with Crippen LogP contribution in [0.4, 0.5) is 0 Å². The molecule has 0 aromatic heterocycles. The maximum absolute atomic E-state index is 11.9. The molecule has 0 heterocycles. The monoisotopic (exact) mass is 394 g/mol. The van der Waals surface area contributed by atoms with Crippen LogP contribution in [0.5, 0.6) is 0 Å². The highest BCUT2D eigenvalue weighted by atomic mass is 16.6. The highest BCUT2D eigenvalue weighted by molar-refractivity contribution is 5.66. The molecule has 4 nitrogen and oxygen atoms in total. The molecule has 5 atom stereocenters. The number of carbonyl (C=O) groups excluding carboxylic acids is 2. The van der Waals surface area contributed by atoms with Gasteiger partial charge in [-0.2, -0.15) is 0 Å². The van der Waals surface area contributed by atoms with Crippen molar-refractivity contribution in [2.24, 2.45) is 28.6 Å². The average Bonchev–Trinajstić information content (AvgIpc) is 2.51. The van der Waals surface area contributed by atoms with Crippen molar-refractivity contribution < 1.29 is 19.1 Å². The van der Waals surface area contributed by atoms with Crippen LogP contribution in [-0.4, -0.2) is 24.1 Å². The highest BCUT2D eigenvalue weighted by Gasteiger charge is 2.59. The van der Waals surface area contributed by atoms with Gasteiger partial charge in [0.25, 0.3) is 0 Å². The molecule has 0 aromatic carbocycles. The van der Waals surface area contributed by atoms with Crippen LogP contribution in [0.2, 0.25) is 0 Å². The van der Waals surface area contributed by atoms with Gasteiger partial charge in [-0.15, -0.1) is 0 Å². The van der Waals surface area contributed by atoms with Gasteiger partial charge in [0, 0.05) is 19.8 Å². The minimum Gasteiger partial charge on any atom is -0.466 e. The minimum atomic E-state index is -0.375. The average molecular weight is 395 g/mol. The molecular formula is C24H42O4. The number of esters is 2. The van der Waals surface area contributed by atoms with Crippen LogP contribution in [0.3, 0.4) is 0 Å². The summed E-state index contributed by atoms with van der Waals surface area (Å²) in [5, 5.41) is 0. The van der Waals surface area contributed by atoms with E-state index in [0.717, 1.165) is 32.1 Å². The molecule has 2 saturated carbocycles. The normalized spacial score (nSPS) is 35.5. The molecule has 2 aliphatic carbocycles. The minimum absolute atomic E-state index is 0.160. The lowest BCUT2D eigenvalue weighted by Gasteiger charge is -2.62. The van der Waals surface area contributed by atoms with Crippen molar-refractivity contribution in [1.29, 1.82) is 0 Å². The van der Waals surface area contributed by atoms with Gasteiger partial charge in [0.2, 0.25) is 0 Å². The van der Waals surface area contributed by atoms with Gasteiger partial charge in [-0.1, -0.05) is 40.5 Å². The van der Waals surface area contributed by atoms with E-state index in [-0.39, 0.29) is 23.0 Å². The summed E-state index contributed by atoms with van der Waals surface area (Å²) in [5.74, 6) is 1.17. The lowest BCUT2D eigenvalue weighted by atomic mass is 9.45. The summed E-state index contributed by atoms with van der Waals surface area (Å²) in [6.07, 6.45) is 8.92. The van der Waals surface area contributed by atoms with Crippen molar-refractivity contribution in [3.63, 3.8) is 0 Å². The molecule has 1 unspecified atom stereocenters. The molecule has 0 bridgehead atoms. The van der Waals surface area contributed by atoms with Crippen molar-refractivity contribution >= 4 is 11.9 Å². The van der Waals surface area contributed by atoms with Crippen molar-refractivity contribution in [3.8, 4) is 0 Å². The number of fused-ring (bicyclic) bond motifs is 1. The third-order valence-electron chi connectivity index (χ3n) is 7.98. The van der Waals surface area contributed by atoms with E-state index in [4.69, 9.17) is 9.47 Å². The number of hydrogen-bond acceptors (Lipinski definition) is 4. The maximum atomic E-state index is 11.9. The Labute approximate surface area is 172 Å². The molecular weight excluding hydrogens is 352 g/mol. The van der Waals surface area contributed by atoms with Gasteiger partial charge < -0.3 is 9.47 Å². The molecule has 2 aliphatic rings. The molecule has 2 rings (SSSR count). The van der Waals surface area contributed by atoms with Crippen molar-refractivity contribution in [1.82, 2.24) is 0 Å². The lowest BCUT2D eigenvalue weighted by molar-refractivity contribution is -0.199. The summed E-state index contributed by atoms with van der Waals surface area (Å²) in [4.78, 5) is 22.9. The van der Waals surface area contributed by atoms with Crippen LogP contribution < -0.4 is 0 Å². The standard InChI is InChI=1S/C24H42O4/c1-17(12-16-27-18(2)25)9-10-21-23(6)14-8-13-22(4,5)20(23)11-15-24(21,7)28-19(3)26/h17,20-21H,8-16H2,1-7H3/t17-,20?,21+,23-,24+/m0/s1. The van der Waals surface area contributed by atoms with Crippen LogP contribution in [0.1, 0.15) is 99.8 Å². The SMILES string of the molecule is CC(=O)OCC[C@@H](C)CC[C@H]1[C@](C)(OC(C)=O)CCC2C(C)(C)CCC[C@@]21C. The fourth-order valence-electron chi connectivity index (χ4n) is 6.69. The fourth-order valence-corrected chi connectivity index (χ4v) is 6.69. The molecule has 0 N–H and O–H groups in total. The van der Waals surface area contributed by atoms with E-state index in [1.54, 1.807) is 6.92 Å². The molecule has 0 aliphatic heterocycles. The third-order valence-corrected chi connectivity index (χ3v) is 7.98. The van der Waals surface area contributed by atoms with E-state index < -0.39 is 0 Å². The van der Waals surface area contributed by atoms with Gasteiger partial charge in [0.1, 0.15) is 5.60 Å². The van der Waals surface area contributed by atoms with Crippen LogP contribution in [-0.2, 0) is 19.1 Å². The summed E-state index contributed by atoms with van der Waals surface area (Å²) >= 11 is 0. The summed E-state index contributed by atoms with van der Waals surface area (Å²) in [5.41, 5.74) is 0.184. The highest BCUT2D eigenvalue weighted by Crippen LogP contribution is 2.63. The first-order chi connectivity index (χ1) is 12.9. The van der Waals surface area contributed by atoms with E-state index in [1.165, 1.54) is 26.2 Å². The largest absolute Gasteiger partial charge is 0.466 e. The van der Waals surface area contributed by atoms with Gasteiger partial charge in [-0.05, 0) is 68.1 Å². The molecule has 2 fully saturated rings. The van der Waals surface area contributed by atoms with Gasteiger partial charge in [0.05, 0.1) is 6.61 Å². The maximum Gasteiger partial charge on any atom is 0.303 e. The van der Waals surface area contributed by atoms with Crippen molar-refractivity contribution in [2.75, 3.05) is 6.61 Å². The summed E-state index contributed by atoms with van der Waals surface area (Å²) in [6.45, 7) is 15.2. The molecule has 0 radical (unpaired) electrons. The Kier molecular flexibility index (Phi) is 7.26. The number of ether oxygens (including phenoxy) is 2. The topological polar surface area (TPSA) is 52.6 Å². The van der Waals surface area contributed by atoms with E-state index in [1.807, 2.05) is 0 Å². The van der Waals surface area contributed by atoms with E-state index in [9.17, 15) is 9.59 Å². The fraction of sp³-hybridized carbons (Fsp3) is 0.917. The summed E-state index contributed by atoms with van der Waals surface area (Å²) in [7, 11) is 0. The van der Waals surface area contributed by atoms with E-state index in [0.29, 0.717) is 29.8 Å². The Hall–Kier alpha value is -1.06. The first-order valence-electron chi connectivity index (χ1n) is 11.2. The smallest absolute Gasteiger partial charge is 0.303 e. The van der Waals surface area contributed by atoms with Gasteiger partial charge in [-0.25, -0.2) is 0 Å². The second-order valence-electron chi connectivity index (χ2n) is 10.7. The van der Waals surface area contributed by atoms with Gasteiger partial charge >= 0.3 is 11.9 Å². The van der Waals surface area contributed by atoms with E-state index >= 15 is 0 Å². The zero-order valence-corrected chi connectivity index (χ0v) is 19.2. The van der Waals surface area contributed by atoms with Crippen LogP contribution >= 0.6 is 0 Å². The predicted octanol–water partition coefficient (Wildman–Crippen LogP) is 5.92. The second kappa shape index (κ2) is 8.75. The first kappa shape index (κ1) is 23.2.